The summed E-state index contributed by atoms with van der Waals surface area (Å²) in [6.07, 6.45) is 6.99. The van der Waals surface area contributed by atoms with Crippen molar-refractivity contribution in [2.75, 3.05) is 31.6 Å². The molecule has 0 bridgehead atoms. The highest BCUT2D eigenvalue weighted by Crippen LogP contribution is 2.29. The lowest BCUT2D eigenvalue weighted by Gasteiger charge is -2.34. The summed E-state index contributed by atoms with van der Waals surface area (Å²) >= 11 is 0. The number of hydrogen-bond acceptors (Lipinski definition) is 4. The number of nitrogens with one attached hydrogen (secondary N) is 1. The lowest BCUT2D eigenvalue weighted by atomic mass is 9.93. The Morgan fingerprint density at radius 2 is 2.10 bits per heavy atom. The van der Waals surface area contributed by atoms with Crippen molar-refractivity contribution >= 4 is 5.82 Å². The molecule has 0 amide bonds. The smallest absolute Gasteiger partial charge is 0.146 e. The molecule has 4 heteroatoms. The Morgan fingerprint density at radius 1 is 1.33 bits per heavy atom. The second kappa shape index (κ2) is 6.44. The first-order valence-electron chi connectivity index (χ1n) is 8.14. The number of nitrogens with zero attached hydrogens (tertiary/aromatic N) is 3. The highest BCUT2D eigenvalue weighted by molar-refractivity contribution is 5.56. The summed E-state index contributed by atoms with van der Waals surface area (Å²) in [6, 6.07) is 4.46. The molecule has 1 N–H and O–H groups in total. The molecule has 0 atom stereocenters. The van der Waals surface area contributed by atoms with E-state index in [-0.39, 0.29) is 0 Å². The van der Waals surface area contributed by atoms with Crippen LogP contribution in [0, 0.1) is 17.2 Å². The van der Waals surface area contributed by atoms with Gasteiger partial charge in [-0.25, -0.2) is 4.98 Å². The fourth-order valence-corrected chi connectivity index (χ4v) is 3.58. The van der Waals surface area contributed by atoms with Crippen molar-refractivity contribution in [3.63, 3.8) is 0 Å². The van der Waals surface area contributed by atoms with Crippen LogP contribution in [-0.2, 0) is 12.8 Å². The van der Waals surface area contributed by atoms with E-state index in [0.717, 1.165) is 49.8 Å². The highest BCUT2D eigenvalue weighted by atomic mass is 15.2. The Bertz CT molecular complexity index is 538. The van der Waals surface area contributed by atoms with Crippen molar-refractivity contribution in [2.45, 2.75) is 38.5 Å². The summed E-state index contributed by atoms with van der Waals surface area (Å²) in [4.78, 5) is 7.19. The van der Waals surface area contributed by atoms with Gasteiger partial charge in [-0.05, 0) is 69.7 Å². The van der Waals surface area contributed by atoms with E-state index < -0.39 is 0 Å². The lowest BCUT2D eigenvalue weighted by molar-refractivity contribution is 0.392. The van der Waals surface area contributed by atoms with Crippen molar-refractivity contribution in [3.8, 4) is 6.07 Å². The van der Waals surface area contributed by atoms with Crippen LogP contribution in [0.15, 0.2) is 6.07 Å². The first-order chi connectivity index (χ1) is 10.3. The summed E-state index contributed by atoms with van der Waals surface area (Å²) < 4.78 is 0. The zero-order valence-electron chi connectivity index (χ0n) is 12.9. The first-order valence-corrected chi connectivity index (χ1v) is 8.14. The highest BCUT2D eigenvalue weighted by Gasteiger charge is 2.23. The van der Waals surface area contributed by atoms with E-state index in [1.807, 2.05) is 7.05 Å². The maximum atomic E-state index is 9.46. The zero-order valence-corrected chi connectivity index (χ0v) is 12.9. The molecule has 3 rings (SSSR count). The number of aromatic nitrogens is 1. The quantitative estimate of drug-likeness (QED) is 0.925. The molecule has 0 spiro atoms. The molecule has 112 valence electrons. The lowest BCUT2D eigenvalue weighted by Crippen LogP contribution is -2.37. The number of nitriles is 1. The minimum Gasteiger partial charge on any atom is -0.355 e. The average Bonchev–Trinajstić information content (AvgIpc) is 2.54. The third-order valence-corrected chi connectivity index (χ3v) is 4.81. The zero-order chi connectivity index (χ0) is 14.7. The van der Waals surface area contributed by atoms with Gasteiger partial charge in [0.1, 0.15) is 11.9 Å². The molecule has 0 radical (unpaired) electrons. The fourth-order valence-electron chi connectivity index (χ4n) is 3.58. The molecule has 1 aliphatic heterocycles. The predicted octanol–water partition coefficient (Wildman–Crippen LogP) is 2.27. The van der Waals surface area contributed by atoms with Gasteiger partial charge in [0.25, 0.3) is 0 Å². The molecule has 1 saturated heterocycles. The van der Waals surface area contributed by atoms with Crippen LogP contribution in [0.1, 0.15) is 42.5 Å². The van der Waals surface area contributed by atoms with Gasteiger partial charge >= 0.3 is 0 Å². The minimum atomic E-state index is 0.759. The molecular weight excluding hydrogens is 260 g/mol. The van der Waals surface area contributed by atoms with Crippen molar-refractivity contribution < 1.29 is 0 Å². The second-order valence-electron chi connectivity index (χ2n) is 6.27. The van der Waals surface area contributed by atoms with Crippen LogP contribution >= 0.6 is 0 Å². The predicted molar refractivity (Wildman–Crippen MR) is 84.5 cm³/mol. The molecule has 2 heterocycles. The van der Waals surface area contributed by atoms with Crippen LogP contribution in [0.5, 0.6) is 0 Å². The van der Waals surface area contributed by atoms with E-state index in [4.69, 9.17) is 4.98 Å². The Morgan fingerprint density at radius 3 is 2.81 bits per heavy atom. The minimum absolute atomic E-state index is 0.759. The molecular formula is C17H24N4. The maximum Gasteiger partial charge on any atom is 0.146 e. The van der Waals surface area contributed by atoms with Crippen LogP contribution in [-0.4, -0.2) is 31.7 Å². The molecule has 0 aromatic carbocycles. The van der Waals surface area contributed by atoms with Crippen LogP contribution < -0.4 is 10.2 Å². The second-order valence-corrected chi connectivity index (χ2v) is 6.27. The van der Waals surface area contributed by atoms with E-state index in [2.05, 4.69) is 22.4 Å². The third kappa shape index (κ3) is 3.03. The van der Waals surface area contributed by atoms with Gasteiger partial charge in [-0.3, -0.25) is 0 Å². The van der Waals surface area contributed by atoms with E-state index in [1.54, 1.807) is 0 Å². The molecule has 0 saturated carbocycles. The van der Waals surface area contributed by atoms with Gasteiger partial charge in [0.15, 0.2) is 0 Å². The van der Waals surface area contributed by atoms with Gasteiger partial charge in [0, 0.05) is 18.8 Å². The van der Waals surface area contributed by atoms with E-state index in [1.165, 1.54) is 36.9 Å². The Labute approximate surface area is 127 Å². The molecule has 2 aliphatic rings. The fraction of sp³-hybridized carbons (Fsp3) is 0.647. The van der Waals surface area contributed by atoms with Gasteiger partial charge in [-0.2, -0.15) is 5.26 Å². The van der Waals surface area contributed by atoms with Crippen molar-refractivity contribution in [2.24, 2.45) is 5.92 Å². The van der Waals surface area contributed by atoms with Gasteiger partial charge in [0.05, 0.1) is 5.56 Å². The van der Waals surface area contributed by atoms with Crippen LogP contribution in [0.4, 0.5) is 5.82 Å². The van der Waals surface area contributed by atoms with Gasteiger partial charge in [0.2, 0.25) is 0 Å². The van der Waals surface area contributed by atoms with Crippen LogP contribution in [0.3, 0.4) is 0 Å². The topological polar surface area (TPSA) is 52.0 Å². The maximum absolute atomic E-state index is 9.46. The molecule has 1 aromatic heterocycles. The molecule has 1 fully saturated rings. The van der Waals surface area contributed by atoms with E-state index >= 15 is 0 Å². The Hall–Kier alpha value is -1.60. The monoisotopic (exact) mass is 284 g/mol. The number of rotatable bonds is 3. The van der Waals surface area contributed by atoms with Crippen LogP contribution in [0.25, 0.3) is 0 Å². The normalized spacial score (nSPS) is 19.1. The van der Waals surface area contributed by atoms with E-state index in [9.17, 15) is 5.26 Å². The number of hydrogen-bond donors (Lipinski definition) is 1. The summed E-state index contributed by atoms with van der Waals surface area (Å²) in [5.74, 6) is 1.69. The molecule has 0 unspecified atom stereocenters. The van der Waals surface area contributed by atoms with Crippen molar-refractivity contribution in [1.82, 2.24) is 10.3 Å². The summed E-state index contributed by atoms with van der Waals surface area (Å²) in [6.45, 7) is 3.14. The summed E-state index contributed by atoms with van der Waals surface area (Å²) in [5, 5.41) is 12.7. The summed E-state index contributed by atoms with van der Waals surface area (Å²) in [5.41, 5.74) is 3.29. The number of fused-ring (bicyclic) bond motifs is 1. The summed E-state index contributed by atoms with van der Waals surface area (Å²) in [7, 11) is 2.02. The van der Waals surface area contributed by atoms with Gasteiger partial charge in [-0.1, -0.05) is 0 Å². The number of aryl methyl sites for hydroxylation is 2. The van der Waals surface area contributed by atoms with Gasteiger partial charge < -0.3 is 10.2 Å². The molecule has 4 nitrogen and oxygen atoms in total. The largest absolute Gasteiger partial charge is 0.355 e. The average molecular weight is 284 g/mol. The molecule has 1 aliphatic carbocycles. The van der Waals surface area contributed by atoms with Crippen molar-refractivity contribution in [1.29, 1.82) is 5.26 Å². The molecule has 1 aromatic rings. The third-order valence-electron chi connectivity index (χ3n) is 4.81. The Kier molecular flexibility index (Phi) is 4.40. The number of anilines is 1. The first kappa shape index (κ1) is 14.3. The Balaban J connectivity index is 1.80. The molecule has 21 heavy (non-hydrogen) atoms. The van der Waals surface area contributed by atoms with Gasteiger partial charge in [-0.15, -0.1) is 0 Å². The standard InChI is InChI=1S/C17H24N4/c1-19-12-13-6-8-21(9-7-13)17-15(11-18)10-14-4-2-3-5-16(14)20-17/h10,13,19H,2-9,12H2,1H3. The van der Waals surface area contributed by atoms with E-state index in [0.29, 0.717) is 0 Å². The SMILES string of the molecule is CNCC1CCN(c2nc3c(cc2C#N)CCCC3)CC1. The number of pyridine rings is 1. The van der Waals surface area contributed by atoms with Crippen molar-refractivity contribution in [3.05, 3.63) is 22.9 Å². The number of piperidine rings is 1. The van der Waals surface area contributed by atoms with Crippen LogP contribution in [0.2, 0.25) is 0 Å².